The minimum Gasteiger partial charge on any atom is -0.480 e. The summed E-state index contributed by atoms with van der Waals surface area (Å²) in [6.07, 6.45) is 1.41. The molecule has 102 valence electrons. The fraction of sp³-hybridized carbons (Fsp3) is 0.533. The van der Waals surface area contributed by atoms with Gasteiger partial charge in [0.1, 0.15) is 5.75 Å². The summed E-state index contributed by atoms with van der Waals surface area (Å²) in [6.45, 7) is 2.80. The van der Waals surface area contributed by atoms with Crippen molar-refractivity contribution < 1.29 is 14.6 Å². The number of hydrogen-bond donors (Lipinski definition) is 1. The second-order valence-corrected chi connectivity index (χ2v) is 5.38. The Morgan fingerprint density at radius 3 is 3.00 bits per heavy atom. The largest absolute Gasteiger partial charge is 0.480 e. The highest BCUT2D eigenvalue weighted by Crippen LogP contribution is 2.38. The van der Waals surface area contributed by atoms with Gasteiger partial charge in [-0.3, -0.25) is 4.79 Å². The van der Waals surface area contributed by atoms with Crippen molar-refractivity contribution in [2.75, 3.05) is 13.2 Å². The zero-order valence-electron chi connectivity index (χ0n) is 11.1. The SMILES string of the molecule is C[C@@H]1c2ccccc2O[C@@H]1C(=O)N1CCC[C@@H]1CO. The van der Waals surface area contributed by atoms with Gasteiger partial charge >= 0.3 is 0 Å². The fourth-order valence-electron chi connectivity index (χ4n) is 3.11. The maximum Gasteiger partial charge on any atom is 0.264 e. The van der Waals surface area contributed by atoms with Crippen LogP contribution in [0.4, 0.5) is 0 Å². The number of rotatable bonds is 2. The number of nitrogens with zero attached hydrogens (tertiary/aromatic N) is 1. The van der Waals surface area contributed by atoms with Gasteiger partial charge in [-0.1, -0.05) is 25.1 Å². The standard InChI is InChI=1S/C15H19NO3/c1-10-12-6-2-3-7-13(12)19-14(10)15(18)16-8-4-5-11(16)9-17/h2-3,6-7,10-11,14,17H,4-5,8-9H2,1H3/t10-,11-,14+/m1/s1. The Kier molecular flexibility index (Phi) is 3.19. The molecule has 0 radical (unpaired) electrons. The van der Waals surface area contributed by atoms with Crippen molar-refractivity contribution >= 4 is 5.91 Å². The number of aliphatic hydroxyl groups is 1. The number of likely N-dealkylation sites (tertiary alicyclic amines) is 1. The van der Waals surface area contributed by atoms with E-state index in [0.29, 0.717) is 0 Å². The highest BCUT2D eigenvalue weighted by atomic mass is 16.5. The Bertz CT molecular complexity index is 488. The number of fused-ring (bicyclic) bond motifs is 1. The van der Waals surface area contributed by atoms with Crippen molar-refractivity contribution in [3.63, 3.8) is 0 Å². The van der Waals surface area contributed by atoms with Crippen LogP contribution in [0, 0.1) is 0 Å². The number of hydrogen-bond acceptors (Lipinski definition) is 3. The lowest BCUT2D eigenvalue weighted by Crippen LogP contribution is -2.46. The summed E-state index contributed by atoms with van der Waals surface area (Å²) in [5.74, 6) is 0.900. The minimum atomic E-state index is -0.440. The van der Waals surface area contributed by atoms with Crippen molar-refractivity contribution in [2.45, 2.75) is 37.8 Å². The van der Waals surface area contributed by atoms with Gasteiger partial charge in [0.05, 0.1) is 12.6 Å². The summed E-state index contributed by atoms with van der Waals surface area (Å²) >= 11 is 0. The predicted molar refractivity (Wildman–Crippen MR) is 71.1 cm³/mol. The molecule has 3 rings (SSSR count). The molecule has 3 atom stereocenters. The third kappa shape index (κ3) is 2.00. The molecule has 0 unspecified atom stereocenters. The Labute approximate surface area is 113 Å². The molecule has 2 heterocycles. The Balaban J connectivity index is 1.79. The van der Waals surface area contributed by atoms with Gasteiger partial charge in [-0.25, -0.2) is 0 Å². The third-order valence-corrected chi connectivity index (χ3v) is 4.23. The Morgan fingerprint density at radius 1 is 1.47 bits per heavy atom. The molecule has 0 aliphatic carbocycles. The molecule has 4 nitrogen and oxygen atoms in total. The van der Waals surface area contributed by atoms with Gasteiger partial charge in [-0.2, -0.15) is 0 Å². The molecule has 4 heteroatoms. The van der Waals surface area contributed by atoms with Crippen molar-refractivity contribution in [1.29, 1.82) is 0 Å². The number of benzene rings is 1. The molecule has 19 heavy (non-hydrogen) atoms. The van der Waals surface area contributed by atoms with Crippen LogP contribution >= 0.6 is 0 Å². The van der Waals surface area contributed by atoms with Crippen LogP contribution in [0.15, 0.2) is 24.3 Å². The van der Waals surface area contributed by atoms with E-state index >= 15 is 0 Å². The van der Waals surface area contributed by atoms with Crippen molar-refractivity contribution in [3.05, 3.63) is 29.8 Å². The van der Waals surface area contributed by atoms with E-state index in [1.54, 1.807) is 4.90 Å². The monoisotopic (exact) mass is 261 g/mol. The predicted octanol–water partition coefficient (Wildman–Crippen LogP) is 1.53. The molecule has 2 aliphatic rings. The molecule has 1 aromatic carbocycles. The molecule has 1 saturated heterocycles. The van der Waals surface area contributed by atoms with Crippen molar-refractivity contribution in [2.24, 2.45) is 0 Å². The first-order valence-electron chi connectivity index (χ1n) is 6.89. The molecule has 1 amide bonds. The van der Waals surface area contributed by atoms with Crippen LogP contribution in [0.2, 0.25) is 0 Å². The first-order chi connectivity index (χ1) is 9.22. The molecular formula is C15H19NO3. The normalized spacial score (nSPS) is 29.2. The zero-order valence-corrected chi connectivity index (χ0v) is 11.1. The summed E-state index contributed by atoms with van der Waals surface area (Å²) in [5, 5.41) is 9.33. The average Bonchev–Trinajstić information content (AvgIpc) is 3.03. The molecule has 0 saturated carbocycles. The van der Waals surface area contributed by atoms with E-state index in [1.807, 2.05) is 31.2 Å². The van der Waals surface area contributed by atoms with Gasteiger partial charge in [-0.05, 0) is 18.9 Å². The number of carbonyl (C=O) groups is 1. The van der Waals surface area contributed by atoms with Crippen molar-refractivity contribution in [1.82, 2.24) is 4.90 Å². The maximum atomic E-state index is 12.6. The van der Waals surface area contributed by atoms with Gasteiger partial charge in [-0.15, -0.1) is 0 Å². The summed E-state index contributed by atoms with van der Waals surface area (Å²) in [6, 6.07) is 7.78. The van der Waals surface area contributed by atoms with E-state index in [4.69, 9.17) is 4.74 Å². The second-order valence-electron chi connectivity index (χ2n) is 5.38. The summed E-state index contributed by atoms with van der Waals surface area (Å²) in [7, 11) is 0. The lowest BCUT2D eigenvalue weighted by Gasteiger charge is -2.27. The first kappa shape index (κ1) is 12.5. The van der Waals surface area contributed by atoms with E-state index in [9.17, 15) is 9.90 Å². The molecule has 1 N–H and O–H groups in total. The second kappa shape index (κ2) is 4.85. The molecule has 0 aromatic heterocycles. The fourth-order valence-corrected chi connectivity index (χ4v) is 3.11. The summed E-state index contributed by atoms with van der Waals surface area (Å²) in [4.78, 5) is 14.4. The van der Waals surface area contributed by atoms with Gasteiger partial charge in [0.15, 0.2) is 6.10 Å². The van der Waals surface area contributed by atoms with Crippen LogP contribution in [0.25, 0.3) is 0 Å². The summed E-state index contributed by atoms with van der Waals surface area (Å²) < 4.78 is 5.81. The molecular weight excluding hydrogens is 242 g/mol. The number of aliphatic hydroxyl groups excluding tert-OH is 1. The Hall–Kier alpha value is -1.55. The molecule has 1 fully saturated rings. The zero-order chi connectivity index (χ0) is 13.4. The molecule has 1 aromatic rings. The van der Waals surface area contributed by atoms with Crippen LogP contribution < -0.4 is 4.74 Å². The van der Waals surface area contributed by atoms with E-state index in [-0.39, 0.29) is 24.5 Å². The van der Waals surface area contributed by atoms with Gasteiger partial charge in [0, 0.05) is 18.0 Å². The van der Waals surface area contributed by atoms with Crippen LogP contribution in [-0.4, -0.2) is 41.2 Å². The van der Waals surface area contributed by atoms with E-state index < -0.39 is 6.10 Å². The van der Waals surface area contributed by atoms with E-state index in [1.165, 1.54) is 0 Å². The third-order valence-electron chi connectivity index (χ3n) is 4.23. The van der Waals surface area contributed by atoms with E-state index in [2.05, 4.69) is 0 Å². The number of para-hydroxylation sites is 1. The van der Waals surface area contributed by atoms with Crippen LogP contribution in [0.1, 0.15) is 31.2 Å². The molecule has 0 bridgehead atoms. The smallest absolute Gasteiger partial charge is 0.264 e. The van der Waals surface area contributed by atoms with Gasteiger partial charge in [0.25, 0.3) is 5.91 Å². The minimum absolute atomic E-state index is 0.0141. The average molecular weight is 261 g/mol. The van der Waals surface area contributed by atoms with Gasteiger partial charge in [0.2, 0.25) is 0 Å². The molecule has 0 spiro atoms. The van der Waals surface area contributed by atoms with Gasteiger partial charge < -0.3 is 14.7 Å². The lowest BCUT2D eigenvalue weighted by molar-refractivity contribution is -0.140. The van der Waals surface area contributed by atoms with E-state index in [0.717, 1.165) is 30.7 Å². The lowest BCUT2D eigenvalue weighted by atomic mass is 9.96. The molecule has 2 aliphatic heterocycles. The number of ether oxygens (including phenoxy) is 1. The maximum absolute atomic E-state index is 12.6. The number of amides is 1. The quantitative estimate of drug-likeness (QED) is 0.878. The van der Waals surface area contributed by atoms with Crippen LogP contribution in [0.5, 0.6) is 5.75 Å². The van der Waals surface area contributed by atoms with Crippen LogP contribution in [-0.2, 0) is 4.79 Å². The van der Waals surface area contributed by atoms with Crippen molar-refractivity contribution in [3.8, 4) is 5.75 Å². The first-order valence-corrected chi connectivity index (χ1v) is 6.89. The summed E-state index contributed by atoms with van der Waals surface area (Å²) in [5.41, 5.74) is 1.10. The highest BCUT2D eigenvalue weighted by molar-refractivity contribution is 5.84. The van der Waals surface area contributed by atoms with Crippen LogP contribution in [0.3, 0.4) is 0 Å². The highest BCUT2D eigenvalue weighted by Gasteiger charge is 2.41. The topological polar surface area (TPSA) is 49.8 Å². The number of carbonyl (C=O) groups excluding carboxylic acids is 1. The Morgan fingerprint density at radius 2 is 2.26 bits per heavy atom.